The summed E-state index contributed by atoms with van der Waals surface area (Å²) in [5, 5.41) is 3.42. The summed E-state index contributed by atoms with van der Waals surface area (Å²) in [6.45, 7) is 2.46. The molecule has 0 saturated carbocycles. The second kappa shape index (κ2) is 10.9. The number of halogens is 1. The lowest BCUT2D eigenvalue weighted by Crippen LogP contribution is -2.40. The number of hydrogen-bond donors (Lipinski definition) is 1. The summed E-state index contributed by atoms with van der Waals surface area (Å²) >= 11 is 6.05. The minimum absolute atomic E-state index is 0.164. The number of hydrogen-bond acceptors (Lipinski definition) is 4. The van der Waals surface area contributed by atoms with Gasteiger partial charge in [-0.25, -0.2) is 0 Å². The number of nitrogens with one attached hydrogen (secondary N) is 1. The van der Waals surface area contributed by atoms with Crippen LogP contribution in [0.2, 0.25) is 5.02 Å². The highest BCUT2D eigenvalue weighted by Crippen LogP contribution is 2.38. The molecule has 0 aliphatic carbocycles. The topological polar surface area (TPSA) is 71.8 Å². The molecular weight excluding hydrogens is 488 g/mol. The number of carbonyl (C=O) groups is 2. The number of benzene rings is 3. The van der Waals surface area contributed by atoms with Crippen molar-refractivity contribution in [2.75, 3.05) is 11.9 Å². The van der Waals surface area contributed by atoms with Crippen LogP contribution in [0, 0.1) is 0 Å². The molecule has 7 heteroatoms. The third-order valence-corrected chi connectivity index (χ3v) is 6.72. The zero-order valence-electron chi connectivity index (χ0n) is 20.4. The van der Waals surface area contributed by atoms with Crippen molar-refractivity contribution in [3.63, 3.8) is 0 Å². The Morgan fingerprint density at radius 3 is 2.62 bits per heavy atom. The van der Waals surface area contributed by atoms with Crippen LogP contribution in [-0.2, 0) is 11.2 Å². The third kappa shape index (κ3) is 5.39. The minimum Gasteiger partial charge on any atom is -0.481 e. The lowest BCUT2D eigenvalue weighted by molar-refractivity contribution is -0.122. The largest absolute Gasteiger partial charge is 0.481 e. The second-order valence-corrected chi connectivity index (χ2v) is 9.35. The zero-order chi connectivity index (χ0) is 25.8. The Kier molecular flexibility index (Phi) is 7.28. The Morgan fingerprint density at radius 2 is 1.89 bits per heavy atom. The first kappa shape index (κ1) is 24.7. The van der Waals surface area contributed by atoms with Gasteiger partial charge in [-0.1, -0.05) is 61.0 Å². The first-order valence-corrected chi connectivity index (χ1v) is 12.7. The lowest BCUT2D eigenvalue weighted by atomic mass is 9.87. The van der Waals surface area contributed by atoms with Crippen LogP contribution in [0.15, 0.2) is 95.6 Å². The van der Waals surface area contributed by atoms with Crippen molar-refractivity contribution in [1.29, 1.82) is 0 Å². The van der Waals surface area contributed by atoms with Gasteiger partial charge in [0, 0.05) is 17.3 Å². The van der Waals surface area contributed by atoms with Gasteiger partial charge in [-0.05, 0) is 72.0 Å². The molecule has 2 heterocycles. The van der Waals surface area contributed by atoms with E-state index < -0.39 is 6.10 Å². The predicted octanol–water partition coefficient (Wildman–Crippen LogP) is 6.52. The first-order chi connectivity index (χ1) is 18.0. The van der Waals surface area contributed by atoms with E-state index in [0.717, 1.165) is 16.7 Å². The average Bonchev–Trinajstić information content (AvgIpc) is 3.46. The number of carbonyl (C=O) groups excluding carboxylic acids is 2. The molecule has 2 atom stereocenters. The predicted molar refractivity (Wildman–Crippen MR) is 143 cm³/mol. The highest BCUT2D eigenvalue weighted by molar-refractivity contribution is 6.30. The van der Waals surface area contributed by atoms with E-state index >= 15 is 0 Å². The van der Waals surface area contributed by atoms with E-state index in [4.69, 9.17) is 20.8 Å². The van der Waals surface area contributed by atoms with E-state index in [2.05, 4.69) is 5.32 Å². The molecule has 4 aromatic rings. The van der Waals surface area contributed by atoms with Gasteiger partial charge in [0.15, 0.2) is 11.9 Å². The number of anilines is 1. The normalized spacial score (nSPS) is 15.5. The van der Waals surface area contributed by atoms with Crippen LogP contribution in [0.3, 0.4) is 0 Å². The van der Waals surface area contributed by atoms with Gasteiger partial charge in [0.2, 0.25) is 0 Å². The highest BCUT2D eigenvalue weighted by atomic mass is 35.5. The standard InChI is InChI=1S/C30H27ClN2O4/c1-2-26(29(34)32-23-11-6-10-22(31)18-23)37-24-14-13-20-15-16-33(30(35)27-12-7-17-36-27)28(25(20)19-24)21-8-4-3-5-9-21/h3-14,17-19,26,28H,2,15-16H2,1H3,(H,32,34). The monoisotopic (exact) mass is 514 g/mol. The van der Waals surface area contributed by atoms with Crippen LogP contribution in [0.25, 0.3) is 0 Å². The molecule has 0 spiro atoms. The molecule has 1 aromatic heterocycles. The number of ether oxygens (including phenoxy) is 1. The number of amides is 2. The summed E-state index contributed by atoms with van der Waals surface area (Å²) < 4.78 is 11.6. The van der Waals surface area contributed by atoms with E-state index in [1.807, 2.05) is 60.4 Å². The van der Waals surface area contributed by atoms with Gasteiger partial charge in [-0.3, -0.25) is 9.59 Å². The van der Waals surface area contributed by atoms with Crippen molar-refractivity contribution in [3.8, 4) is 5.75 Å². The van der Waals surface area contributed by atoms with Crippen LogP contribution < -0.4 is 10.1 Å². The van der Waals surface area contributed by atoms with Gasteiger partial charge in [-0.15, -0.1) is 0 Å². The number of rotatable bonds is 7. The minimum atomic E-state index is -0.698. The smallest absolute Gasteiger partial charge is 0.290 e. The molecule has 0 radical (unpaired) electrons. The average molecular weight is 515 g/mol. The van der Waals surface area contributed by atoms with Crippen molar-refractivity contribution < 1.29 is 18.7 Å². The molecule has 188 valence electrons. The summed E-state index contributed by atoms with van der Waals surface area (Å²) in [6.07, 6.45) is 2.00. The van der Waals surface area contributed by atoms with Crippen molar-refractivity contribution in [2.45, 2.75) is 31.9 Å². The van der Waals surface area contributed by atoms with Gasteiger partial charge in [0.1, 0.15) is 5.75 Å². The van der Waals surface area contributed by atoms with Gasteiger partial charge >= 0.3 is 0 Å². The SMILES string of the molecule is CCC(Oc1ccc2c(c1)C(c1ccccc1)N(C(=O)c1ccco1)CC2)C(=O)Nc1cccc(Cl)c1. The van der Waals surface area contributed by atoms with Crippen molar-refractivity contribution in [2.24, 2.45) is 0 Å². The summed E-state index contributed by atoms with van der Waals surface area (Å²) in [4.78, 5) is 28.2. The summed E-state index contributed by atoms with van der Waals surface area (Å²) in [6, 6.07) is 25.9. The molecule has 0 fully saturated rings. The van der Waals surface area contributed by atoms with Gasteiger partial charge in [0.25, 0.3) is 11.8 Å². The molecule has 6 nitrogen and oxygen atoms in total. The molecule has 0 bridgehead atoms. The van der Waals surface area contributed by atoms with E-state index in [1.54, 1.807) is 36.4 Å². The zero-order valence-corrected chi connectivity index (χ0v) is 21.2. The lowest BCUT2D eigenvalue weighted by Gasteiger charge is -2.37. The van der Waals surface area contributed by atoms with Crippen molar-refractivity contribution in [1.82, 2.24) is 4.90 Å². The quantitative estimate of drug-likeness (QED) is 0.305. The van der Waals surface area contributed by atoms with Crippen molar-refractivity contribution >= 4 is 29.1 Å². The van der Waals surface area contributed by atoms with Gasteiger partial charge < -0.3 is 19.4 Å². The van der Waals surface area contributed by atoms with Crippen LogP contribution in [-0.4, -0.2) is 29.4 Å². The fourth-order valence-electron chi connectivity index (χ4n) is 4.70. The summed E-state index contributed by atoms with van der Waals surface area (Å²) in [5.41, 5.74) is 3.72. The van der Waals surface area contributed by atoms with Crippen LogP contribution >= 0.6 is 11.6 Å². The summed E-state index contributed by atoms with van der Waals surface area (Å²) in [5.74, 6) is 0.459. The molecule has 3 aromatic carbocycles. The summed E-state index contributed by atoms with van der Waals surface area (Å²) in [7, 11) is 0. The van der Waals surface area contributed by atoms with Crippen LogP contribution in [0.5, 0.6) is 5.75 Å². The molecule has 5 rings (SSSR count). The molecule has 1 aliphatic heterocycles. The Morgan fingerprint density at radius 1 is 1.05 bits per heavy atom. The molecule has 1 N–H and O–H groups in total. The second-order valence-electron chi connectivity index (χ2n) is 8.91. The highest BCUT2D eigenvalue weighted by Gasteiger charge is 2.34. The molecule has 37 heavy (non-hydrogen) atoms. The first-order valence-electron chi connectivity index (χ1n) is 12.3. The maximum absolute atomic E-state index is 13.4. The molecular formula is C30H27ClN2O4. The third-order valence-electron chi connectivity index (χ3n) is 6.49. The Hall–Kier alpha value is -4.03. The number of nitrogens with zero attached hydrogens (tertiary/aromatic N) is 1. The van der Waals surface area contributed by atoms with Crippen LogP contribution in [0.4, 0.5) is 5.69 Å². The fraction of sp³-hybridized carbons (Fsp3) is 0.200. The van der Waals surface area contributed by atoms with Gasteiger partial charge in [0.05, 0.1) is 12.3 Å². The fourth-order valence-corrected chi connectivity index (χ4v) is 4.89. The van der Waals surface area contributed by atoms with E-state index in [-0.39, 0.29) is 17.9 Å². The molecule has 0 saturated heterocycles. The number of furan rings is 1. The van der Waals surface area contributed by atoms with E-state index in [1.165, 1.54) is 6.26 Å². The number of fused-ring (bicyclic) bond motifs is 1. The molecule has 2 amide bonds. The van der Waals surface area contributed by atoms with Crippen LogP contribution in [0.1, 0.15) is 46.6 Å². The Labute approximate surface area is 220 Å². The maximum Gasteiger partial charge on any atom is 0.290 e. The molecule has 1 aliphatic rings. The Balaban J connectivity index is 1.44. The molecule has 2 unspecified atom stereocenters. The van der Waals surface area contributed by atoms with Crippen molar-refractivity contribution in [3.05, 3.63) is 119 Å². The Bertz CT molecular complexity index is 1390. The van der Waals surface area contributed by atoms with E-state index in [0.29, 0.717) is 41.6 Å². The maximum atomic E-state index is 13.4. The van der Waals surface area contributed by atoms with Gasteiger partial charge in [-0.2, -0.15) is 0 Å². The van der Waals surface area contributed by atoms with E-state index in [9.17, 15) is 9.59 Å².